The fourth-order valence-corrected chi connectivity index (χ4v) is 2.61. The Morgan fingerprint density at radius 3 is 2.62 bits per heavy atom. The molecule has 1 aromatic rings. The van der Waals surface area contributed by atoms with E-state index in [0.717, 1.165) is 12.8 Å². The maximum Gasteiger partial charge on any atom is 0.339 e. The van der Waals surface area contributed by atoms with E-state index >= 15 is 0 Å². The van der Waals surface area contributed by atoms with E-state index in [-0.39, 0.29) is 17.0 Å². The van der Waals surface area contributed by atoms with Crippen LogP contribution in [0.25, 0.3) is 0 Å². The molecule has 0 aliphatic heterocycles. The second kappa shape index (κ2) is 7.28. The minimum absolute atomic E-state index is 0.0280. The standard InChI is InChI=1S/C13H20N2O5S/c1-4-5-8-15(2)21(18,19)14-10-6-7-11(13(16)17)12(9-10)20-3/h6-7,9,14H,4-5,8H2,1-3H3,(H,16,17). The Hall–Kier alpha value is -1.80. The summed E-state index contributed by atoms with van der Waals surface area (Å²) in [5, 5.41) is 8.98. The lowest BCUT2D eigenvalue weighted by molar-refractivity contribution is 0.0693. The van der Waals surface area contributed by atoms with Crippen LogP contribution < -0.4 is 9.46 Å². The normalized spacial score (nSPS) is 11.4. The van der Waals surface area contributed by atoms with Gasteiger partial charge in [0.15, 0.2) is 0 Å². The second-order valence-corrected chi connectivity index (χ2v) is 6.28. The number of methoxy groups -OCH3 is 1. The molecular formula is C13H20N2O5S. The molecule has 2 N–H and O–H groups in total. The van der Waals surface area contributed by atoms with Gasteiger partial charge in [0.25, 0.3) is 0 Å². The monoisotopic (exact) mass is 316 g/mol. The minimum atomic E-state index is -3.66. The Morgan fingerprint density at radius 1 is 1.43 bits per heavy atom. The molecule has 0 saturated heterocycles. The SMILES string of the molecule is CCCCN(C)S(=O)(=O)Nc1ccc(C(=O)O)c(OC)c1. The van der Waals surface area contributed by atoms with Crippen LogP contribution in [0.1, 0.15) is 30.1 Å². The van der Waals surface area contributed by atoms with Gasteiger partial charge in [0.05, 0.1) is 12.8 Å². The number of hydrogen-bond donors (Lipinski definition) is 2. The van der Waals surface area contributed by atoms with Crippen LogP contribution in [0.3, 0.4) is 0 Å². The molecule has 118 valence electrons. The summed E-state index contributed by atoms with van der Waals surface area (Å²) >= 11 is 0. The van der Waals surface area contributed by atoms with Gasteiger partial charge in [0.2, 0.25) is 0 Å². The van der Waals surface area contributed by atoms with E-state index in [2.05, 4.69) is 4.72 Å². The van der Waals surface area contributed by atoms with Crippen molar-refractivity contribution in [2.75, 3.05) is 25.4 Å². The third-order valence-corrected chi connectivity index (χ3v) is 4.41. The van der Waals surface area contributed by atoms with Crippen molar-refractivity contribution in [1.29, 1.82) is 0 Å². The first-order chi connectivity index (χ1) is 9.81. The predicted octanol–water partition coefficient (Wildman–Crippen LogP) is 1.78. The molecule has 0 saturated carbocycles. The zero-order chi connectivity index (χ0) is 16.0. The molecule has 0 amide bonds. The van der Waals surface area contributed by atoms with Gasteiger partial charge in [-0.05, 0) is 18.6 Å². The van der Waals surface area contributed by atoms with Gasteiger partial charge in [-0.1, -0.05) is 13.3 Å². The van der Waals surface area contributed by atoms with Crippen LogP contribution in [-0.2, 0) is 10.2 Å². The van der Waals surface area contributed by atoms with Crippen LogP contribution in [0.4, 0.5) is 5.69 Å². The lowest BCUT2D eigenvalue weighted by Crippen LogP contribution is -2.33. The summed E-state index contributed by atoms with van der Waals surface area (Å²) < 4.78 is 32.7. The van der Waals surface area contributed by atoms with Gasteiger partial charge in [-0.15, -0.1) is 0 Å². The van der Waals surface area contributed by atoms with Crippen molar-refractivity contribution in [3.05, 3.63) is 23.8 Å². The molecule has 0 spiro atoms. The maximum atomic E-state index is 12.1. The molecule has 1 rings (SSSR count). The molecule has 0 fully saturated rings. The average molecular weight is 316 g/mol. The number of carboxylic acid groups (broad SMARTS) is 1. The number of ether oxygens (including phenoxy) is 1. The number of benzene rings is 1. The number of nitrogens with zero attached hydrogens (tertiary/aromatic N) is 1. The molecule has 0 heterocycles. The summed E-state index contributed by atoms with van der Waals surface area (Å²) in [6.07, 6.45) is 1.65. The number of nitrogens with one attached hydrogen (secondary N) is 1. The van der Waals surface area contributed by atoms with Crippen LogP contribution in [0.15, 0.2) is 18.2 Å². The first-order valence-electron chi connectivity index (χ1n) is 6.47. The summed E-state index contributed by atoms with van der Waals surface area (Å²) in [4.78, 5) is 11.0. The van der Waals surface area contributed by atoms with Crippen LogP contribution in [0.5, 0.6) is 5.75 Å². The highest BCUT2D eigenvalue weighted by Gasteiger charge is 2.18. The molecule has 7 nitrogen and oxygen atoms in total. The van der Waals surface area contributed by atoms with Crippen LogP contribution >= 0.6 is 0 Å². The van der Waals surface area contributed by atoms with Crippen molar-refractivity contribution in [3.63, 3.8) is 0 Å². The smallest absolute Gasteiger partial charge is 0.339 e. The molecule has 0 atom stereocenters. The Bertz CT molecular complexity index is 601. The first-order valence-corrected chi connectivity index (χ1v) is 7.91. The van der Waals surface area contributed by atoms with E-state index in [1.807, 2.05) is 6.92 Å². The first kappa shape index (κ1) is 17.3. The largest absolute Gasteiger partial charge is 0.496 e. The number of aromatic carboxylic acids is 1. The lowest BCUT2D eigenvalue weighted by Gasteiger charge is -2.18. The van der Waals surface area contributed by atoms with Gasteiger partial charge in [-0.3, -0.25) is 4.72 Å². The molecule has 1 aromatic carbocycles. The molecule has 0 aliphatic carbocycles. The Kier molecular flexibility index (Phi) is 5.98. The highest BCUT2D eigenvalue weighted by Crippen LogP contribution is 2.24. The molecule has 0 bridgehead atoms. The minimum Gasteiger partial charge on any atom is -0.496 e. The Labute approximate surface area is 124 Å². The summed E-state index contributed by atoms with van der Waals surface area (Å²) in [5.74, 6) is -1.04. The molecule has 0 aliphatic rings. The number of unbranched alkanes of at least 4 members (excludes halogenated alkanes) is 1. The predicted molar refractivity (Wildman–Crippen MR) is 80.0 cm³/mol. The van der Waals surface area contributed by atoms with E-state index in [1.54, 1.807) is 0 Å². The van der Waals surface area contributed by atoms with Crippen molar-refractivity contribution in [1.82, 2.24) is 4.31 Å². The topological polar surface area (TPSA) is 95.9 Å². The van der Waals surface area contributed by atoms with Crippen molar-refractivity contribution in [2.24, 2.45) is 0 Å². The number of carboxylic acids is 1. The summed E-state index contributed by atoms with van der Waals surface area (Å²) in [6, 6.07) is 4.02. The van der Waals surface area contributed by atoms with Gasteiger partial charge in [-0.25, -0.2) is 4.79 Å². The van der Waals surface area contributed by atoms with Gasteiger partial charge in [0, 0.05) is 19.7 Å². The molecule has 0 unspecified atom stereocenters. The summed E-state index contributed by atoms with van der Waals surface area (Å²) in [6.45, 7) is 2.39. The van der Waals surface area contributed by atoms with Crippen LogP contribution in [-0.4, -0.2) is 44.5 Å². The summed E-state index contributed by atoms with van der Waals surface area (Å²) in [5.41, 5.74) is 0.222. The van der Waals surface area contributed by atoms with Crippen molar-refractivity contribution >= 4 is 21.9 Å². The Morgan fingerprint density at radius 2 is 2.10 bits per heavy atom. The van der Waals surface area contributed by atoms with Crippen molar-refractivity contribution < 1.29 is 23.1 Å². The zero-order valence-corrected chi connectivity index (χ0v) is 13.1. The third kappa shape index (κ3) is 4.61. The van der Waals surface area contributed by atoms with E-state index in [1.165, 1.54) is 36.7 Å². The fourth-order valence-electron chi connectivity index (χ4n) is 1.66. The zero-order valence-electron chi connectivity index (χ0n) is 12.3. The van der Waals surface area contributed by atoms with Gasteiger partial charge >= 0.3 is 16.2 Å². The molecule has 21 heavy (non-hydrogen) atoms. The Balaban J connectivity index is 2.95. The lowest BCUT2D eigenvalue weighted by atomic mass is 10.2. The number of hydrogen-bond acceptors (Lipinski definition) is 4. The van der Waals surface area contributed by atoms with E-state index in [4.69, 9.17) is 9.84 Å². The van der Waals surface area contributed by atoms with Crippen LogP contribution in [0.2, 0.25) is 0 Å². The molecule has 8 heteroatoms. The quantitative estimate of drug-likeness (QED) is 0.762. The highest BCUT2D eigenvalue weighted by atomic mass is 32.2. The average Bonchev–Trinajstić information content (AvgIpc) is 2.43. The van der Waals surface area contributed by atoms with Crippen molar-refractivity contribution in [3.8, 4) is 5.75 Å². The van der Waals surface area contributed by atoms with E-state index in [9.17, 15) is 13.2 Å². The molecule has 0 aromatic heterocycles. The third-order valence-electron chi connectivity index (χ3n) is 2.92. The number of carbonyl (C=O) groups is 1. The molecular weight excluding hydrogens is 296 g/mol. The maximum absolute atomic E-state index is 12.1. The van der Waals surface area contributed by atoms with E-state index < -0.39 is 16.2 Å². The highest BCUT2D eigenvalue weighted by molar-refractivity contribution is 7.90. The van der Waals surface area contributed by atoms with Crippen molar-refractivity contribution in [2.45, 2.75) is 19.8 Å². The van der Waals surface area contributed by atoms with Gasteiger partial charge in [0.1, 0.15) is 11.3 Å². The fraction of sp³-hybridized carbons (Fsp3) is 0.462. The van der Waals surface area contributed by atoms with Gasteiger partial charge in [-0.2, -0.15) is 12.7 Å². The van der Waals surface area contributed by atoms with Crippen LogP contribution in [0, 0.1) is 0 Å². The van der Waals surface area contributed by atoms with E-state index in [0.29, 0.717) is 6.54 Å². The molecule has 0 radical (unpaired) electrons. The van der Waals surface area contributed by atoms with Gasteiger partial charge < -0.3 is 9.84 Å². The summed E-state index contributed by atoms with van der Waals surface area (Å²) in [7, 11) is -0.850. The number of rotatable bonds is 8. The second-order valence-electron chi connectivity index (χ2n) is 4.50. The number of anilines is 1.